The molecule has 0 fully saturated rings. The maximum absolute atomic E-state index is 12.7. The summed E-state index contributed by atoms with van der Waals surface area (Å²) in [6.45, 7) is 6.53. The Balaban J connectivity index is 2.41. The lowest BCUT2D eigenvalue weighted by Gasteiger charge is -2.29. The zero-order valence-electron chi connectivity index (χ0n) is 11.3. The van der Waals surface area contributed by atoms with Gasteiger partial charge in [-0.15, -0.1) is 0 Å². The Hall–Kier alpha value is -2.00. The molecule has 1 heterocycles. The molecule has 1 atom stereocenters. The van der Waals surface area contributed by atoms with E-state index < -0.39 is 0 Å². The lowest BCUT2D eigenvalue weighted by Crippen LogP contribution is -2.50. The van der Waals surface area contributed by atoms with Crippen molar-refractivity contribution >= 4 is 11.6 Å². The smallest absolute Gasteiger partial charge is 0.264 e. The minimum atomic E-state index is 0.0775. The lowest BCUT2D eigenvalue weighted by atomic mass is 10.1. The van der Waals surface area contributed by atoms with E-state index in [0.29, 0.717) is 12.1 Å². The normalized spacial score (nSPS) is 13.8. The first-order valence-corrected chi connectivity index (χ1v) is 6.31. The van der Waals surface area contributed by atoms with Crippen LogP contribution in [0.1, 0.15) is 22.8 Å². The Bertz CT molecular complexity index is 563. The van der Waals surface area contributed by atoms with Crippen LogP contribution in [-0.2, 0) is 0 Å². The van der Waals surface area contributed by atoms with Gasteiger partial charge in [-0.05, 0) is 31.5 Å². The van der Waals surface area contributed by atoms with Gasteiger partial charge in [-0.3, -0.25) is 4.98 Å². The number of amides is 1. The molecule has 19 heavy (non-hydrogen) atoms. The van der Waals surface area contributed by atoms with Crippen LogP contribution in [0.5, 0.6) is 0 Å². The highest BCUT2D eigenvalue weighted by Gasteiger charge is 2.33. The van der Waals surface area contributed by atoms with Crippen LogP contribution in [0.4, 0.5) is 5.69 Å². The molecule has 0 N–H and O–H groups in total. The SMILES string of the molecule is [CH2]c1ccc(C(=O)[N+](C)(CC)c2ccncc2)cc1. The number of aromatic nitrogens is 1. The standard InChI is InChI=1S/C16H18N2O/c1-4-18(3,15-9-11-17-12-10-15)16(19)14-7-5-13(2)6-8-14/h5-12H,2,4H2,1,3H3/q+1. The molecule has 0 aliphatic carbocycles. The lowest BCUT2D eigenvalue weighted by molar-refractivity contribution is 0.0807. The molecule has 0 aliphatic heterocycles. The van der Waals surface area contributed by atoms with E-state index in [-0.39, 0.29) is 10.4 Å². The van der Waals surface area contributed by atoms with E-state index in [1.165, 1.54) is 0 Å². The molecule has 2 aromatic rings. The Morgan fingerprint density at radius 1 is 1.16 bits per heavy atom. The monoisotopic (exact) mass is 254 g/mol. The van der Waals surface area contributed by atoms with Crippen molar-refractivity contribution in [3.05, 3.63) is 66.8 Å². The average molecular weight is 254 g/mol. The van der Waals surface area contributed by atoms with Crippen LogP contribution < -0.4 is 4.48 Å². The molecule has 1 aromatic heterocycles. The Morgan fingerprint density at radius 3 is 2.26 bits per heavy atom. The molecule has 1 aromatic carbocycles. The second kappa shape index (κ2) is 5.33. The summed E-state index contributed by atoms with van der Waals surface area (Å²) in [7, 11) is 1.93. The van der Waals surface area contributed by atoms with Gasteiger partial charge in [0.1, 0.15) is 5.69 Å². The van der Waals surface area contributed by atoms with Crippen LogP contribution in [0.2, 0.25) is 0 Å². The third kappa shape index (κ3) is 2.56. The summed E-state index contributed by atoms with van der Waals surface area (Å²) in [5, 5.41) is 0. The van der Waals surface area contributed by atoms with Crippen molar-refractivity contribution in [2.24, 2.45) is 0 Å². The van der Waals surface area contributed by atoms with Crippen molar-refractivity contribution in [1.82, 2.24) is 9.47 Å². The summed E-state index contributed by atoms with van der Waals surface area (Å²) >= 11 is 0. The van der Waals surface area contributed by atoms with Gasteiger partial charge in [-0.2, -0.15) is 0 Å². The van der Waals surface area contributed by atoms with Crippen molar-refractivity contribution in [3.63, 3.8) is 0 Å². The van der Waals surface area contributed by atoms with Gasteiger partial charge in [-0.1, -0.05) is 12.1 Å². The number of rotatable bonds is 3. The van der Waals surface area contributed by atoms with Gasteiger partial charge < -0.3 is 0 Å². The number of carbonyl (C=O) groups excluding carboxylic acids is 1. The first-order chi connectivity index (χ1) is 9.08. The van der Waals surface area contributed by atoms with E-state index in [1.807, 2.05) is 50.4 Å². The van der Waals surface area contributed by atoms with Gasteiger partial charge in [-0.25, -0.2) is 9.28 Å². The summed E-state index contributed by atoms with van der Waals surface area (Å²) in [6, 6.07) is 11.2. The molecule has 0 spiro atoms. The zero-order valence-corrected chi connectivity index (χ0v) is 11.3. The summed E-state index contributed by atoms with van der Waals surface area (Å²) in [5.74, 6) is 0.0775. The molecule has 2 rings (SSSR count). The van der Waals surface area contributed by atoms with E-state index in [9.17, 15) is 4.79 Å². The molecule has 97 valence electrons. The Morgan fingerprint density at radius 2 is 1.74 bits per heavy atom. The molecular weight excluding hydrogens is 236 g/mol. The van der Waals surface area contributed by atoms with Crippen LogP contribution in [0.15, 0.2) is 48.8 Å². The quantitative estimate of drug-likeness (QED) is 0.788. The highest BCUT2D eigenvalue weighted by Crippen LogP contribution is 2.23. The molecule has 0 saturated carbocycles. The van der Waals surface area contributed by atoms with Gasteiger partial charge in [0, 0.05) is 24.5 Å². The molecule has 1 radical (unpaired) electrons. The highest BCUT2D eigenvalue weighted by atomic mass is 16.2. The third-order valence-corrected chi connectivity index (χ3v) is 3.51. The van der Waals surface area contributed by atoms with Crippen LogP contribution >= 0.6 is 0 Å². The second-order valence-corrected chi connectivity index (χ2v) is 4.72. The van der Waals surface area contributed by atoms with Crippen LogP contribution in [0.3, 0.4) is 0 Å². The van der Waals surface area contributed by atoms with E-state index in [0.717, 1.165) is 11.3 Å². The molecule has 1 amide bonds. The first-order valence-electron chi connectivity index (χ1n) is 6.31. The molecule has 0 saturated heterocycles. The van der Waals surface area contributed by atoms with Crippen molar-refractivity contribution in [2.75, 3.05) is 13.6 Å². The fourth-order valence-electron chi connectivity index (χ4n) is 2.05. The second-order valence-electron chi connectivity index (χ2n) is 4.72. The van der Waals surface area contributed by atoms with Gasteiger partial charge in [0.2, 0.25) is 0 Å². The minimum Gasteiger partial charge on any atom is -0.264 e. The molecule has 0 aliphatic rings. The van der Waals surface area contributed by atoms with Gasteiger partial charge in [0.05, 0.1) is 19.2 Å². The molecule has 1 unspecified atom stereocenters. The summed E-state index contributed by atoms with van der Waals surface area (Å²) < 4.78 is 0.235. The average Bonchev–Trinajstić information content (AvgIpc) is 2.47. The number of hydrogen-bond donors (Lipinski definition) is 0. The van der Waals surface area contributed by atoms with E-state index in [1.54, 1.807) is 12.4 Å². The molecule has 3 nitrogen and oxygen atoms in total. The van der Waals surface area contributed by atoms with E-state index in [4.69, 9.17) is 0 Å². The molecular formula is C16H18N2O+. The summed E-state index contributed by atoms with van der Waals surface area (Å²) in [4.78, 5) is 16.7. The van der Waals surface area contributed by atoms with E-state index >= 15 is 0 Å². The number of pyridine rings is 1. The fourth-order valence-corrected chi connectivity index (χ4v) is 2.05. The summed E-state index contributed by atoms with van der Waals surface area (Å²) in [5.41, 5.74) is 2.56. The number of nitrogens with zero attached hydrogens (tertiary/aromatic N) is 2. The van der Waals surface area contributed by atoms with Gasteiger partial charge >= 0.3 is 5.91 Å². The van der Waals surface area contributed by atoms with Crippen molar-refractivity contribution in [3.8, 4) is 0 Å². The topological polar surface area (TPSA) is 30.0 Å². The number of benzene rings is 1. The fraction of sp³-hybridized carbons (Fsp3) is 0.188. The Labute approximate surface area is 114 Å². The molecule has 0 bridgehead atoms. The zero-order chi connectivity index (χ0) is 13.9. The molecule has 3 heteroatoms. The predicted octanol–water partition coefficient (Wildman–Crippen LogP) is 3.06. The van der Waals surface area contributed by atoms with Crippen LogP contribution in [0.25, 0.3) is 0 Å². The highest BCUT2D eigenvalue weighted by molar-refractivity contribution is 6.01. The number of quaternary nitrogens is 1. The number of hydrogen-bond acceptors (Lipinski definition) is 2. The minimum absolute atomic E-state index is 0.0775. The predicted molar refractivity (Wildman–Crippen MR) is 77.7 cm³/mol. The van der Waals surface area contributed by atoms with Gasteiger partial charge in [0.15, 0.2) is 0 Å². The maximum atomic E-state index is 12.7. The largest absolute Gasteiger partial charge is 0.350 e. The van der Waals surface area contributed by atoms with Crippen molar-refractivity contribution in [1.29, 1.82) is 0 Å². The van der Waals surface area contributed by atoms with Crippen LogP contribution in [0, 0.1) is 6.92 Å². The van der Waals surface area contributed by atoms with Crippen LogP contribution in [-0.4, -0.2) is 24.5 Å². The van der Waals surface area contributed by atoms with Crippen molar-refractivity contribution < 1.29 is 4.79 Å². The maximum Gasteiger partial charge on any atom is 0.350 e. The third-order valence-electron chi connectivity index (χ3n) is 3.51. The van der Waals surface area contributed by atoms with Gasteiger partial charge in [0.25, 0.3) is 0 Å². The number of carbonyl (C=O) groups is 1. The summed E-state index contributed by atoms with van der Waals surface area (Å²) in [6.07, 6.45) is 3.43. The van der Waals surface area contributed by atoms with E-state index in [2.05, 4.69) is 11.9 Å². The Kier molecular flexibility index (Phi) is 3.76. The van der Waals surface area contributed by atoms with Crippen molar-refractivity contribution in [2.45, 2.75) is 6.92 Å². The first kappa shape index (κ1) is 13.4.